The highest BCUT2D eigenvalue weighted by Crippen LogP contribution is 2.25. The number of nitrogens with one attached hydrogen (secondary N) is 1. The summed E-state index contributed by atoms with van der Waals surface area (Å²) in [7, 11) is 0. The lowest BCUT2D eigenvalue weighted by atomic mass is 9.92. The van der Waals surface area contributed by atoms with Gasteiger partial charge in [-0.25, -0.2) is 0 Å². The molecule has 2 N–H and O–H groups in total. The number of benzene rings is 1. The zero-order valence-electron chi connectivity index (χ0n) is 12.3. The molecule has 106 valence electrons. The van der Waals surface area contributed by atoms with Crippen molar-refractivity contribution in [3.05, 3.63) is 35.4 Å². The van der Waals surface area contributed by atoms with Crippen molar-refractivity contribution in [3.8, 4) is 0 Å². The molecule has 0 fully saturated rings. The van der Waals surface area contributed by atoms with Crippen LogP contribution in [0.5, 0.6) is 0 Å². The van der Waals surface area contributed by atoms with Crippen LogP contribution in [0.4, 0.5) is 0 Å². The number of carbonyl (C=O) groups is 1. The summed E-state index contributed by atoms with van der Waals surface area (Å²) in [5, 5.41) is 11.9. The number of rotatable bonds is 7. The fourth-order valence-electron chi connectivity index (χ4n) is 2.20. The summed E-state index contributed by atoms with van der Waals surface area (Å²) >= 11 is 0. The Kier molecular flexibility index (Phi) is 6.03. The van der Waals surface area contributed by atoms with E-state index in [1.807, 2.05) is 0 Å². The molecule has 1 aromatic carbocycles. The lowest BCUT2D eigenvalue weighted by molar-refractivity contribution is -0.136. The lowest BCUT2D eigenvalue weighted by Gasteiger charge is -2.22. The van der Waals surface area contributed by atoms with Crippen molar-refractivity contribution in [2.75, 3.05) is 6.54 Å². The van der Waals surface area contributed by atoms with Crippen LogP contribution in [-0.2, 0) is 4.79 Å². The van der Waals surface area contributed by atoms with E-state index in [9.17, 15) is 4.79 Å². The Morgan fingerprint density at radius 2 is 1.68 bits per heavy atom. The number of hydrogen-bond donors (Lipinski definition) is 2. The van der Waals surface area contributed by atoms with Crippen LogP contribution < -0.4 is 5.32 Å². The Bertz CT molecular complexity index is 398. The van der Waals surface area contributed by atoms with Gasteiger partial charge in [-0.3, -0.25) is 10.1 Å². The Morgan fingerprint density at radius 3 is 2.11 bits per heavy atom. The van der Waals surface area contributed by atoms with Gasteiger partial charge in [0.25, 0.3) is 0 Å². The molecule has 3 nitrogen and oxygen atoms in total. The molecule has 0 saturated heterocycles. The minimum Gasteiger partial charge on any atom is -0.480 e. The molecular weight excluding hydrogens is 238 g/mol. The van der Waals surface area contributed by atoms with Gasteiger partial charge in [0.1, 0.15) is 0 Å². The van der Waals surface area contributed by atoms with E-state index in [1.165, 1.54) is 5.56 Å². The second kappa shape index (κ2) is 7.29. The quantitative estimate of drug-likeness (QED) is 0.790. The smallest absolute Gasteiger partial charge is 0.317 e. The zero-order chi connectivity index (χ0) is 14.4. The fourth-order valence-corrected chi connectivity index (χ4v) is 2.20. The molecule has 1 rings (SSSR count). The van der Waals surface area contributed by atoms with Gasteiger partial charge in [0, 0.05) is 6.04 Å². The van der Waals surface area contributed by atoms with Gasteiger partial charge in [-0.2, -0.15) is 0 Å². The summed E-state index contributed by atoms with van der Waals surface area (Å²) in [6.45, 7) is 8.60. The predicted molar refractivity (Wildman–Crippen MR) is 78.4 cm³/mol. The van der Waals surface area contributed by atoms with Crippen LogP contribution in [-0.4, -0.2) is 17.6 Å². The summed E-state index contributed by atoms with van der Waals surface area (Å²) in [4.78, 5) is 10.7. The van der Waals surface area contributed by atoms with Gasteiger partial charge < -0.3 is 5.11 Å². The summed E-state index contributed by atoms with van der Waals surface area (Å²) in [6.07, 6.45) is 1.13. The van der Waals surface area contributed by atoms with Gasteiger partial charge in [0.15, 0.2) is 0 Å². The molecule has 2 unspecified atom stereocenters. The van der Waals surface area contributed by atoms with Crippen molar-refractivity contribution < 1.29 is 9.90 Å². The molecule has 0 saturated carbocycles. The topological polar surface area (TPSA) is 49.3 Å². The largest absolute Gasteiger partial charge is 0.480 e. The van der Waals surface area contributed by atoms with E-state index < -0.39 is 5.97 Å². The van der Waals surface area contributed by atoms with Gasteiger partial charge in [-0.15, -0.1) is 0 Å². The molecule has 19 heavy (non-hydrogen) atoms. The van der Waals surface area contributed by atoms with Crippen molar-refractivity contribution in [2.24, 2.45) is 5.92 Å². The highest BCUT2D eigenvalue weighted by Gasteiger charge is 2.16. The number of carboxylic acids is 1. The van der Waals surface area contributed by atoms with Crippen molar-refractivity contribution >= 4 is 5.97 Å². The zero-order valence-corrected chi connectivity index (χ0v) is 12.3. The van der Waals surface area contributed by atoms with Gasteiger partial charge in [-0.05, 0) is 29.4 Å². The maximum Gasteiger partial charge on any atom is 0.317 e. The lowest BCUT2D eigenvalue weighted by Crippen LogP contribution is -2.30. The molecular formula is C16H25NO2. The Labute approximate surface area is 116 Å². The molecule has 0 radical (unpaired) electrons. The fraction of sp³-hybridized carbons (Fsp3) is 0.562. The Hall–Kier alpha value is -1.35. The minimum absolute atomic E-state index is 0.00401. The van der Waals surface area contributed by atoms with E-state index in [2.05, 4.69) is 57.3 Å². The molecule has 0 bridgehead atoms. The van der Waals surface area contributed by atoms with Gasteiger partial charge in [0.05, 0.1) is 6.54 Å². The number of carboxylic acid groups (broad SMARTS) is 1. The Balaban J connectivity index is 2.82. The molecule has 3 heteroatoms. The molecule has 0 aliphatic heterocycles. The van der Waals surface area contributed by atoms with E-state index in [0.29, 0.717) is 11.8 Å². The van der Waals surface area contributed by atoms with Crippen LogP contribution in [0.1, 0.15) is 57.2 Å². The van der Waals surface area contributed by atoms with E-state index in [-0.39, 0.29) is 12.6 Å². The highest BCUT2D eigenvalue weighted by atomic mass is 16.4. The molecule has 0 aliphatic rings. The highest BCUT2D eigenvalue weighted by molar-refractivity contribution is 5.69. The van der Waals surface area contributed by atoms with E-state index in [4.69, 9.17) is 5.11 Å². The second-order valence-corrected chi connectivity index (χ2v) is 5.47. The first-order chi connectivity index (χ1) is 8.95. The molecule has 0 aromatic heterocycles. The van der Waals surface area contributed by atoms with E-state index in [0.717, 1.165) is 12.0 Å². The molecule has 2 atom stereocenters. The van der Waals surface area contributed by atoms with Crippen LogP contribution in [0.3, 0.4) is 0 Å². The predicted octanol–water partition coefficient (Wildman–Crippen LogP) is 3.57. The molecule has 0 spiro atoms. The SMILES string of the molecule is CCC(C)c1ccc(C(NCC(=O)O)C(C)C)cc1. The first-order valence-corrected chi connectivity index (χ1v) is 7.00. The third-order valence-corrected chi connectivity index (χ3v) is 3.62. The van der Waals surface area contributed by atoms with Crippen LogP contribution in [0, 0.1) is 5.92 Å². The summed E-state index contributed by atoms with van der Waals surface area (Å²) in [5.74, 6) is 0.106. The molecule has 0 heterocycles. The molecule has 0 amide bonds. The van der Waals surface area contributed by atoms with Crippen molar-refractivity contribution in [2.45, 2.75) is 46.1 Å². The van der Waals surface area contributed by atoms with Gasteiger partial charge in [-0.1, -0.05) is 52.0 Å². The monoisotopic (exact) mass is 263 g/mol. The minimum atomic E-state index is -0.818. The van der Waals surface area contributed by atoms with Gasteiger partial charge in [0.2, 0.25) is 0 Å². The Morgan fingerprint density at radius 1 is 1.16 bits per heavy atom. The molecule has 1 aromatic rings. The summed E-state index contributed by atoms with van der Waals surface area (Å²) in [5.41, 5.74) is 2.50. The van der Waals surface area contributed by atoms with E-state index >= 15 is 0 Å². The van der Waals surface area contributed by atoms with E-state index in [1.54, 1.807) is 0 Å². The average Bonchev–Trinajstić information content (AvgIpc) is 2.38. The van der Waals surface area contributed by atoms with Crippen LogP contribution in [0.15, 0.2) is 24.3 Å². The molecule has 0 aliphatic carbocycles. The first-order valence-electron chi connectivity index (χ1n) is 7.00. The van der Waals surface area contributed by atoms with Crippen LogP contribution >= 0.6 is 0 Å². The maximum atomic E-state index is 10.7. The maximum absolute atomic E-state index is 10.7. The van der Waals surface area contributed by atoms with Crippen molar-refractivity contribution in [3.63, 3.8) is 0 Å². The van der Waals surface area contributed by atoms with Crippen molar-refractivity contribution in [1.82, 2.24) is 5.32 Å². The standard InChI is InChI=1S/C16H25NO2/c1-5-12(4)13-6-8-14(9-7-13)16(11(2)3)17-10-15(18)19/h6-9,11-12,16-17H,5,10H2,1-4H3,(H,18,19). The first kappa shape index (κ1) is 15.7. The normalized spacial score (nSPS) is 14.4. The van der Waals surface area contributed by atoms with Gasteiger partial charge >= 0.3 is 5.97 Å². The number of hydrogen-bond acceptors (Lipinski definition) is 2. The summed E-state index contributed by atoms with van der Waals surface area (Å²) < 4.78 is 0. The third kappa shape index (κ3) is 4.67. The summed E-state index contributed by atoms with van der Waals surface area (Å²) in [6, 6.07) is 8.62. The van der Waals surface area contributed by atoms with Crippen LogP contribution in [0.25, 0.3) is 0 Å². The van der Waals surface area contributed by atoms with Crippen molar-refractivity contribution in [1.29, 1.82) is 0 Å². The average molecular weight is 263 g/mol. The second-order valence-electron chi connectivity index (χ2n) is 5.47. The number of aliphatic carboxylic acids is 1. The van der Waals surface area contributed by atoms with Crippen LogP contribution in [0.2, 0.25) is 0 Å². The third-order valence-electron chi connectivity index (χ3n) is 3.62.